The summed E-state index contributed by atoms with van der Waals surface area (Å²) in [6, 6.07) is 9.75. The summed E-state index contributed by atoms with van der Waals surface area (Å²) < 4.78 is 1.00. The first-order chi connectivity index (χ1) is 7.25. The first-order valence-corrected chi connectivity index (χ1v) is 6.27. The fraction of sp³-hybridized carbons (Fsp3) is 0. The van der Waals surface area contributed by atoms with E-state index >= 15 is 0 Å². The molecule has 0 radical (unpaired) electrons. The SMILES string of the molecule is Clc1ccc(Sc2ccncc2Br)cc1. The van der Waals surface area contributed by atoms with Crippen molar-refractivity contribution in [1.29, 1.82) is 0 Å². The summed E-state index contributed by atoms with van der Waals surface area (Å²) >= 11 is 11.0. The van der Waals surface area contributed by atoms with Gasteiger partial charge >= 0.3 is 0 Å². The lowest BCUT2D eigenvalue weighted by molar-refractivity contribution is 1.23. The number of halogens is 2. The van der Waals surface area contributed by atoms with Gasteiger partial charge < -0.3 is 0 Å². The monoisotopic (exact) mass is 299 g/mol. The van der Waals surface area contributed by atoms with Crippen molar-refractivity contribution >= 4 is 39.3 Å². The van der Waals surface area contributed by atoms with Crippen molar-refractivity contribution in [2.75, 3.05) is 0 Å². The Morgan fingerprint density at radius 1 is 1.13 bits per heavy atom. The normalized spacial score (nSPS) is 10.3. The average molecular weight is 301 g/mol. The predicted octanol–water partition coefficient (Wildman–Crippen LogP) is 4.65. The third kappa shape index (κ3) is 2.97. The van der Waals surface area contributed by atoms with Crippen LogP contribution in [-0.4, -0.2) is 4.98 Å². The van der Waals surface area contributed by atoms with Crippen molar-refractivity contribution in [1.82, 2.24) is 4.98 Å². The molecule has 1 nitrogen and oxygen atoms in total. The number of aromatic nitrogens is 1. The molecule has 0 saturated heterocycles. The molecule has 0 aliphatic rings. The van der Waals surface area contributed by atoms with Crippen molar-refractivity contribution < 1.29 is 0 Å². The summed E-state index contributed by atoms with van der Waals surface area (Å²) in [7, 11) is 0. The van der Waals surface area contributed by atoms with Gasteiger partial charge in [0.15, 0.2) is 0 Å². The van der Waals surface area contributed by atoms with E-state index in [0.717, 1.165) is 19.3 Å². The van der Waals surface area contributed by atoms with Crippen molar-refractivity contribution in [3.63, 3.8) is 0 Å². The second-order valence-electron chi connectivity index (χ2n) is 2.86. The molecule has 0 fully saturated rings. The Balaban J connectivity index is 2.22. The Morgan fingerprint density at radius 2 is 1.87 bits per heavy atom. The fourth-order valence-electron chi connectivity index (χ4n) is 1.07. The predicted molar refractivity (Wildman–Crippen MR) is 67.5 cm³/mol. The summed E-state index contributed by atoms with van der Waals surface area (Å²) in [5, 5.41) is 0.758. The van der Waals surface area contributed by atoms with E-state index in [1.807, 2.05) is 30.3 Å². The van der Waals surface area contributed by atoms with Gasteiger partial charge in [-0.2, -0.15) is 0 Å². The van der Waals surface area contributed by atoms with Crippen LogP contribution in [0.1, 0.15) is 0 Å². The smallest absolute Gasteiger partial charge is 0.0498 e. The van der Waals surface area contributed by atoms with Gasteiger partial charge in [-0.15, -0.1) is 0 Å². The van der Waals surface area contributed by atoms with Gasteiger partial charge in [-0.25, -0.2) is 0 Å². The van der Waals surface area contributed by atoms with Gasteiger partial charge in [-0.05, 0) is 46.3 Å². The third-order valence-electron chi connectivity index (χ3n) is 1.78. The molecule has 4 heteroatoms. The van der Waals surface area contributed by atoms with Gasteiger partial charge in [0.1, 0.15) is 0 Å². The van der Waals surface area contributed by atoms with Crippen LogP contribution in [0.15, 0.2) is 57.0 Å². The Hall–Kier alpha value is -0.510. The second kappa shape index (κ2) is 5.01. The van der Waals surface area contributed by atoms with Crippen molar-refractivity contribution in [3.8, 4) is 0 Å². The molecule has 1 aromatic carbocycles. The first-order valence-electron chi connectivity index (χ1n) is 4.28. The van der Waals surface area contributed by atoms with Crippen LogP contribution in [0.5, 0.6) is 0 Å². The highest BCUT2D eigenvalue weighted by molar-refractivity contribution is 9.10. The summed E-state index contributed by atoms with van der Waals surface area (Å²) in [6.07, 6.45) is 3.57. The van der Waals surface area contributed by atoms with Crippen LogP contribution in [0, 0.1) is 0 Å². The van der Waals surface area contributed by atoms with Gasteiger partial charge in [-0.1, -0.05) is 23.4 Å². The van der Waals surface area contributed by atoms with Crippen LogP contribution in [0.2, 0.25) is 5.02 Å². The lowest BCUT2D eigenvalue weighted by Crippen LogP contribution is -1.77. The van der Waals surface area contributed by atoms with Crippen molar-refractivity contribution in [2.24, 2.45) is 0 Å². The summed E-state index contributed by atoms with van der Waals surface area (Å²) in [5.74, 6) is 0. The zero-order valence-corrected chi connectivity index (χ0v) is 10.8. The molecule has 1 aromatic heterocycles. The van der Waals surface area contributed by atoms with E-state index in [0.29, 0.717) is 0 Å². The van der Waals surface area contributed by atoms with Gasteiger partial charge in [0.25, 0.3) is 0 Å². The topological polar surface area (TPSA) is 12.9 Å². The highest BCUT2D eigenvalue weighted by Crippen LogP contribution is 2.32. The highest BCUT2D eigenvalue weighted by atomic mass is 79.9. The molecule has 0 aliphatic carbocycles. The van der Waals surface area contributed by atoms with Crippen LogP contribution in [-0.2, 0) is 0 Å². The van der Waals surface area contributed by atoms with Crippen molar-refractivity contribution in [3.05, 3.63) is 52.2 Å². The van der Waals surface area contributed by atoms with Crippen molar-refractivity contribution in [2.45, 2.75) is 9.79 Å². The van der Waals surface area contributed by atoms with Crippen LogP contribution >= 0.6 is 39.3 Å². The standard InChI is InChI=1S/C11H7BrClNS/c12-10-7-14-6-5-11(10)15-9-3-1-8(13)2-4-9/h1-7H. The Labute approximate surface area is 106 Å². The summed E-state index contributed by atoms with van der Waals surface area (Å²) in [5.41, 5.74) is 0. The molecule has 0 saturated carbocycles. The maximum atomic E-state index is 5.82. The van der Waals surface area contributed by atoms with Crippen LogP contribution in [0.25, 0.3) is 0 Å². The number of pyridine rings is 1. The van der Waals surface area contributed by atoms with E-state index in [2.05, 4.69) is 20.9 Å². The second-order valence-corrected chi connectivity index (χ2v) is 5.27. The minimum absolute atomic E-state index is 0.758. The summed E-state index contributed by atoms with van der Waals surface area (Å²) in [6.45, 7) is 0. The Kier molecular flexibility index (Phi) is 3.67. The third-order valence-corrected chi connectivity index (χ3v) is 4.01. The van der Waals surface area contributed by atoms with E-state index < -0.39 is 0 Å². The molecule has 0 bridgehead atoms. The number of hydrogen-bond donors (Lipinski definition) is 0. The van der Waals surface area contributed by atoms with Gasteiger partial charge in [0.2, 0.25) is 0 Å². The van der Waals surface area contributed by atoms with Gasteiger partial charge in [0.05, 0.1) is 0 Å². The van der Waals surface area contributed by atoms with Gasteiger partial charge in [-0.3, -0.25) is 4.98 Å². The number of nitrogens with zero attached hydrogens (tertiary/aromatic N) is 1. The molecule has 0 aliphatic heterocycles. The molecule has 2 rings (SSSR count). The largest absolute Gasteiger partial charge is 0.263 e. The lowest BCUT2D eigenvalue weighted by atomic mass is 10.4. The maximum absolute atomic E-state index is 5.82. The first kappa shape index (κ1) is 11.0. The Morgan fingerprint density at radius 3 is 2.53 bits per heavy atom. The average Bonchev–Trinajstić information content (AvgIpc) is 2.25. The fourth-order valence-corrected chi connectivity index (χ4v) is 2.50. The molecule has 0 unspecified atom stereocenters. The van der Waals surface area contributed by atoms with Crippen LogP contribution in [0.4, 0.5) is 0 Å². The summed E-state index contributed by atoms with van der Waals surface area (Å²) in [4.78, 5) is 6.32. The minimum atomic E-state index is 0.758. The number of hydrogen-bond acceptors (Lipinski definition) is 2. The van der Waals surface area contributed by atoms with E-state index in [4.69, 9.17) is 11.6 Å². The lowest BCUT2D eigenvalue weighted by Gasteiger charge is -2.03. The number of benzene rings is 1. The minimum Gasteiger partial charge on any atom is -0.263 e. The maximum Gasteiger partial charge on any atom is 0.0498 e. The number of rotatable bonds is 2. The van der Waals surface area contributed by atoms with Gasteiger partial charge in [0, 0.05) is 31.7 Å². The molecule has 76 valence electrons. The highest BCUT2D eigenvalue weighted by Gasteiger charge is 2.01. The van der Waals surface area contributed by atoms with E-state index in [1.165, 1.54) is 0 Å². The molecular formula is C11H7BrClNS. The molecule has 1 heterocycles. The van der Waals surface area contributed by atoms with E-state index in [1.54, 1.807) is 24.2 Å². The molecule has 0 N–H and O–H groups in total. The van der Waals surface area contributed by atoms with E-state index in [9.17, 15) is 0 Å². The zero-order chi connectivity index (χ0) is 10.7. The molecule has 0 atom stereocenters. The molecule has 15 heavy (non-hydrogen) atoms. The molecular weight excluding hydrogens is 294 g/mol. The van der Waals surface area contributed by atoms with E-state index in [-0.39, 0.29) is 0 Å². The molecule has 0 amide bonds. The Bertz CT molecular complexity index is 458. The van der Waals surface area contributed by atoms with Crippen LogP contribution in [0.3, 0.4) is 0 Å². The molecule has 0 spiro atoms. The molecule has 2 aromatic rings. The zero-order valence-electron chi connectivity index (χ0n) is 7.65. The quantitative estimate of drug-likeness (QED) is 0.801. The van der Waals surface area contributed by atoms with Crippen LogP contribution < -0.4 is 0 Å².